The van der Waals surface area contributed by atoms with Crippen LogP contribution in [0.4, 0.5) is 28.4 Å². The summed E-state index contributed by atoms with van der Waals surface area (Å²) >= 11 is 0. The van der Waals surface area contributed by atoms with Crippen LogP contribution in [0.15, 0.2) is 236 Å². The van der Waals surface area contributed by atoms with Crippen LogP contribution in [-0.2, 0) is 0 Å². The van der Waals surface area contributed by atoms with E-state index < -0.39 is 5.54 Å². The second-order valence-corrected chi connectivity index (χ2v) is 15.0. The standard InChI is InChI=1S/C54H43N3/c1-40-18-14-16-39-55(45-34-30-43(31-35-45)41-19-5-2-6-20-41)50-27-17-28-51(53(40)50)57(47-23-9-4-10-24-47)54-38-15-13-29-52(54)56(49-26-12-11-25-48(49)54)46-36-32-44(33-37-46)42-21-7-3-8-22-42/h2-25,27-37,39,49H,1,26,38H2/b18-14-,39-16-/t49?,54-/m1/s1. The van der Waals surface area contributed by atoms with Gasteiger partial charge in [0.15, 0.2) is 0 Å². The molecule has 274 valence electrons. The van der Waals surface area contributed by atoms with Crippen LogP contribution in [0.3, 0.4) is 0 Å². The minimum Gasteiger partial charge on any atom is -0.335 e. The van der Waals surface area contributed by atoms with Gasteiger partial charge in [-0.1, -0.05) is 158 Å². The molecular weight excluding hydrogens is 691 g/mol. The number of hydrogen-bond donors (Lipinski definition) is 0. The van der Waals surface area contributed by atoms with Crippen LogP contribution < -0.4 is 14.7 Å². The highest BCUT2D eigenvalue weighted by atomic mass is 15.3. The van der Waals surface area contributed by atoms with Gasteiger partial charge in [0.25, 0.3) is 0 Å². The van der Waals surface area contributed by atoms with Crippen LogP contribution in [0.5, 0.6) is 0 Å². The van der Waals surface area contributed by atoms with Crippen molar-refractivity contribution in [2.75, 3.05) is 14.7 Å². The quantitative estimate of drug-likeness (QED) is 0.162. The van der Waals surface area contributed by atoms with E-state index in [2.05, 4.69) is 233 Å². The molecule has 0 bridgehead atoms. The second-order valence-electron chi connectivity index (χ2n) is 15.0. The van der Waals surface area contributed by atoms with Crippen molar-refractivity contribution < 1.29 is 0 Å². The highest BCUT2D eigenvalue weighted by Gasteiger charge is 2.56. The van der Waals surface area contributed by atoms with Gasteiger partial charge < -0.3 is 14.7 Å². The molecule has 1 fully saturated rings. The van der Waals surface area contributed by atoms with Crippen LogP contribution in [0.25, 0.3) is 27.8 Å². The molecule has 6 aromatic carbocycles. The Bertz CT molecular complexity index is 2630. The van der Waals surface area contributed by atoms with Crippen molar-refractivity contribution in [1.29, 1.82) is 0 Å². The number of allylic oxidation sites excluding steroid dienone is 8. The first-order valence-electron chi connectivity index (χ1n) is 19.9. The summed E-state index contributed by atoms with van der Waals surface area (Å²) < 4.78 is 0. The zero-order valence-electron chi connectivity index (χ0n) is 31.8. The lowest BCUT2D eigenvalue weighted by Gasteiger charge is -2.47. The lowest BCUT2D eigenvalue weighted by Crippen LogP contribution is -2.49. The predicted octanol–water partition coefficient (Wildman–Crippen LogP) is 13.8. The van der Waals surface area contributed by atoms with E-state index in [9.17, 15) is 0 Å². The van der Waals surface area contributed by atoms with Gasteiger partial charge in [-0.3, -0.25) is 0 Å². The minimum atomic E-state index is -0.511. The van der Waals surface area contributed by atoms with Gasteiger partial charge in [0, 0.05) is 34.5 Å². The Labute approximate surface area is 336 Å². The molecule has 1 unspecified atom stereocenters. The number of para-hydroxylation sites is 1. The molecule has 0 N–H and O–H groups in total. The molecule has 6 aromatic rings. The lowest BCUT2D eigenvalue weighted by atomic mass is 9.77. The average molecular weight is 734 g/mol. The van der Waals surface area contributed by atoms with E-state index in [1.807, 2.05) is 0 Å². The minimum absolute atomic E-state index is 0.158. The molecule has 3 nitrogen and oxygen atoms in total. The second kappa shape index (κ2) is 14.5. The third kappa shape index (κ3) is 5.91. The third-order valence-corrected chi connectivity index (χ3v) is 11.8. The summed E-state index contributed by atoms with van der Waals surface area (Å²) in [4.78, 5) is 7.54. The van der Waals surface area contributed by atoms with Crippen LogP contribution >= 0.6 is 0 Å². The molecule has 4 aliphatic rings. The monoisotopic (exact) mass is 733 g/mol. The average Bonchev–Trinajstić information content (AvgIpc) is 3.57. The molecule has 2 atom stereocenters. The predicted molar refractivity (Wildman–Crippen MR) is 241 cm³/mol. The number of benzene rings is 6. The fraction of sp³-hybridized carbons (Fsp3) is 0.0741. The van der Waals surface area contributed by atoms with E-state index in [-0.39, 0.29) is 6.04 Å². The van der Waals surface area contributed by atoms with E-state index in [4.69, 9.17) is 6.58 Å². The molecule has 0 saturated carbocycles. The Hall–Kier alpha value is -7.10. The van der Waals surface area contributed by atoms with Crippen LogP contribution in [-0.4, -0.2) is 11.6 Å². The number of nitrogens with zero attached hydrogens (tertiary/aromatic N) is 3. The van der Waals surface area contributed by atoms with E-state index in [1.54, 1.807) is 0 Å². The Kier molecular flexibility index (Phi) is 8.76. The summed E-state index contributed by atoms with van der Waals surface area (Å²) in [6.45, 7) is 4.74. The zero-order valence-corrected chi connectivity index (χ0v) is 31.8. The Balaban J connectivity index is 1.15. The highest BCUT2D eigenvalue weighted by Crippen LogP contribution is 2.57. The van der Waals surface area contributed by atoms with Crippen molar-refractivity contribution in [2.24, 2.45) is 0 Å². The Morgan fingerprint density at radius 1 is 0.561 bits per heavy atom. The first-order chi connectivity index (χ1) is 28.2. The molecule has 2 heterocycles. The first-order valence-corrected chi connectivity index (χ1v) is 19.9. The highest BCUT2D eigenvalue weighted by molar-refractivity contribution is 5.95. The van der Waals surface area contributed by atoms with Gasteiger partial charge in [-0.2, -0.15) is 0 Å². The van der Waals surface area contributed by atoms with Crippen molar-refractivity contribution in [3.05, 3.63) is 242 Å². The summed E-state index contributed by atoms with van der Waals surface area (Å²) in [5.41, 5.74) is 14.7. The number of anilines is 5. The molecule has 0 amide bonds. The maximum absolute atomic E-state index is 4.74. The van der Waals surface area contributed by atoms with E-state index >= 15 is 0 Å². The fourth-order valence-corrected chi connectivity index (χ4v) is 9.26. The SMILES string of the molecule is C=C1/C=C\C=C/N(c2ccc(-c3ccccc3)cc2)c2cccc(N(c3ccccc3)[C@@]34CC=CC=C3N(c3ccc(-c5ccccc5)cc3)C3CC=CC=C34)c21. The summed E-state index contributed by atoms with van der Waals surface area (Å²) in [7, 11) is 0. The van der Waals surface area contributed by atoms with Gasteiger partial charge in [0.05, 0.1) is 17.4 Å². The molecule has 0 aromatic heterocycles. The van der Waals surface area contributed by atoms with Crippen molar-refractivity contribution in [3.8, 4) is 22.3 Å². The van der Waals surface area contributed by atoms with Crippen LogP contribution in [0.2, 0.25) is 0 Å². The number of rotatable bonds is 7. The van der Waals surface area contributed by atoms with Crippen molar-refractivity contribution in [2.45, 2.75) is 24.4 Å². The Morgan fingerprint density at radius 3 is 1.86 bits per heavy atom. The first kappa shape index (κ1) is 34.4. The number of hydrogen-bond acceptors (Lipinski definition) is 3. The number of fused-ring (bicyclic) bond motifs is 4. The molecule has 2 aliphatic carbocycles. The van der Waals surface area contributed by atoms with Gasteiger partial charge in [0.1, 0.15) is 5.54 Å². The maximum atomic E-state index is 4.74. The van der Waals surface area contributed by atoms with Gasteiger partial charge >= 0.3 is 0 Å². The van der Waals surface area contributed by atoms with E-state index in [1.165, 1.54) is 39.2 Å². The third-order valence-electron chi connectivity index (χ3n) is 11.8. The largest absolute Gasteiger partial charge is 0.335 e. The molecule has 0 radical (unpaired) electrons. The molecular formula is C54H43N3. The van der Waals surface area contributed by atoms with E-state index in [0.717, 1.165) is 46.7 Å². The van der Waals surface area contributed by atoms with Gasteiger partial charge in [0.2, 0.25) is 0 Å². The smallest absolute Gasteiger partial charge is 0.112 e. The summed E-state index contributed by atoms with van der Waals surface area (Å²) in [6.07, 6.45) is 24.2. The fourth-order valence-electron chi connectivity index (χ4n) is 9.26. The van der Waals surface area contributed by atoms with Crippen LogP contribution in [0.1, 0.15) is 18.4 Å². The summed E-state index contributed by atoms with van der Waals surface area (Å²) in [5, 5.41) is 0. The summed E-state index contributed by atoms with van der Waals surface area (Å²) in [6, 6.07) is 57.1. The maximum Gasteiger partial charge on any atom is 0.112 e. The van der Waals surface area contributed by atoms with Gasteiger partial charge in [-0.05, 0) is 107 Å². The van der Waals surface area contributed by atoms with Crippen molar-refractivity contribution in [3.63, 3.8) is 0 Å². The normalized spacial score (nSPS) is 20.4. The molecule has 10 rings (SSSR count). The van der Waals surface area contributed by atoms with Crippen LogP contribution in [0, 0.1) is 0 Å². The molecule has 2 aliphatic heterocycles. The van der Waals surface area contributed by atoms with Gasteiger partial charge in [-0.15, -0.1) is 0 Å². The lowest BCUT2D eigenvalue weighted by molar-refractivity contribution is 0.582. The van der Waals surface area contributed by atoms with Gasteiger partial charge in [-0.25, -0.2) is 0 Å². The Morgan fingerprint density at radius 2 is 1.18 bits per heavy atom. The molecule has 3 heteroatoms. The molecule has 0 spiro atoms. The van der Waals surface area contributed by atoms with E-state index in [0.29, 0.717) is 0 Å². The van der Waals surface area contributed by atoms with Crippen molar-refractivity contribution in [1.82, 2.24) is 0 Å². The topological polar surface area (TPSA) is 9.72 Å². The summed E-state index contributed by atoms with van der Waals surface area (Å²) in [5.74, 6) is 0. The van der Waals surface area contributed by atoms with Crippen molar-refractivity contribution >= 4 is 34.0 Å². The zero-order chi connectivity index (χ0) is 38.2. The molecule has 1 saturated heterocycles. The molecule has 57 heavy (non-hydrogen) atoms.